The fourth-order valence-corrected chi connectivity index (χ4v) is 3.14. The van der Waals surface area contributed by atoms with Gasteiger partial charge in [-0.15, -0.1) is 0 Å². The fraction of sp³-hybridized carbons (Fsp3) is 0.364. The molecule has 112 valence electrons. The number of rotatable bonds is 7. The van der Waals surface area contributed by atoms with Crippen molar-refractivity contribution in [2.45, 2.75) is 17.4 Å². The van der Waals surface area contributed by atoms with Crippen LogP contribution < -0.4 is 9.46 Å². The molecule has 0 aromatic heterocycles. The maximum absolute atomic E-state index is 12.1. The van der Waals surface area contributed by atoms with Crippen molar-refractivity contribution in [2.24, 2.45) is 0 Å². The summed E-state index contributed by atoms with van der Waals surface area (Å²) in [4.78, 5) is 10.3. The van der Waals surface area contributed by atoms with E-state index in [0.717, 1.165) is 0 Å². The third kappa shape index (κ3) is 4.44. The summed E-state index contributed by atoms with van der Waals surface area (Å²) in [5.74, 6) is -1.23. The summed E-state index contributed by atoms with van der Waals surface area (Å²) in [5.41, 5.74) is 0. The Morgan fingerprint density at radius 1 is 1.50 bits per heavy atom. The molecule has 0 heterocycles. The molecule has 1 aromatic carbocycles. The lowest BCUT2D eigenvalue weighted by molar-refractivity contribution is -0.146. The van der Waals surface area contributed by atoms with Crippen molar-refractivity contribution in [3.63, 3.8) is 0 Å². The van der Waals surface area contributed by atoms with Gasteiger partial charge in [-0.3, -0.25) is 0 Å². The third-order valence-electron chi connectivity index (χ3n) is 2.41. The fourth-order valence-electron chi connectivity index (χ4n) is 1.39. The topological polar surface area (TPSA) is 113 Å². The van der Waals surface area contributed by atoms with Crippen molar-refractivity contribution < 1.29 is 28.2 Å². The zero-order chi connectivity index (χ0) is 15.3. The van der Waals surface area contributed by atoms with Gasteiger partial charge in [0.15, 0.2) is 6.10 Å². The van der Waals surface area contributed by atoms with E-state index in [2.05, 4.69) is 20.7 Å². The highest BCUT2D eigenvalue weighted by Gasteiger charge is 2.21. The molecule has 0 bridgehead atoms. The second-order valence-corrected chi connectivity index (χ2v) is 6.49. The van der Waals surface area contributed by atoms with E-state index < -0.39 is 22.1 Å². The molecule has 0 aliphatic carbocycles. The molecule has 1 rings (SSSR count). The lowest BCUT2D eigenvalue weighted by Crippen LogP contribution is -2.30. The van der Waals surface area contributed by atoms with Crippen LogP contribution in [0.2, 0.25) is 0 Å². The van der Waals surface area contributed by atoms with Crippen LogP contribution in [0.1, 0.15) is 6.42 Å². The van der Waals surface area contributed by atoms with Gasteiger partial charge in [0.25, 0.3) is 0 Å². The van der Waals surface area contributed by atoms with Gasteiger partial charge in [0.05, 0.1) is 7.11 Å². The molecule has 1 atom stereocenters. The molecule has 1 aromatic rings. The molecule has 20 heavy (non-hydrogen) atoms. The molecule has 9 heteroatoms. The lowest BCUT2D eigenvalue weighted by atomic mass is 10.3. The normalized spacial score (nSPS) is 12.9. The third-order valence-corrected chi connectivity index (χ3v) is 4.39. The summed E-state index contributed by atoms with van der Waals surface area (Å²) in [6.07, 6.45) is -1.84. The Morgan fingerprint density at radius 3 is 2.70 bits per heavy atom. The van der Waals surface area contributed by atoms with Crippen LogP contribution in [0, 0.1) is 0 Å². The van der Waals surface area contributed by atoms with Crippen molar-refractivity contribution in [3.8, 4) is 5.75 Å². The minimum atomic E-state index is -3.86. The quantitative estimate of drug-likeness (QED) is 0.649. The van der Waals surface area contributed by atoms with Crippen LogP contribution in [0.15, 0.2) is 27.6 Å². The first-order chi connectivity index (χ1) is 9.27. The zero-order valence-corrected chi connectivity index (χ0v) is 12.9. The van der Waals surface area contributed by atoms with Gasteiger partial charge in [0, 0.05) is 11.0 Å². The van der Waals surface area contributed by atoms with E-state index >= 15 is 0 Å². The smallest absolute Gasteiger partial charge is 0.332 e. The standard InChI is InChI=1S/C11H14BrNO6S/c1-19-9-3-2-7(12)6-10(9)20(17,18)13-5-4-8(14)11(15)16/h2-3,6,8,13-14H,4-5H2,1H3,(H,15,16). The first kappa shape index (κ1) is 16.9. The SMILES string of the molecule is COc1ccc(Br)cc1S(=O)(=O)NCCC(O)C(=O)O. The highest BCUT2D eigenvalue weighted by atomic mass is 79.9. The Morgan fingerprint density at radius 2 is 2.15 bits per heavy atom. The average molecular weight is 368 g/mol. The van der Waals surface area contributed by atoms with E-state index in [9.17, 15) is 13.2 Å². The number of carbonyl (C=O) groups is 1. The van der Waals surface area contributed by atoms with Crippen LogP contribution in [0.25, 0.3) is 0 Å². The molecule has 0 fully saturated rings. The Balaban J connectivity index is 2.84. The van der Waals surface area contributed by atoms with Crippen molar-refractivity contribution in [3.05, 3.63) is 22.7 Å². The van der Waals surface area contributed by atoms with Crippen molar-refractivity contribution >= 4 is 31.9 Å². The van der Waals surface area contributed by atoms with Gasteiger partial charge in [-0.25, -0.2) is 17.9 Å². The first-order valence-corrected chi connectivity index (χ1v) is 7.79. The largest absolute Gasteiger partial charge is 0.495 e. The van der Waals surface area contributed by atoms with E-state index in [4.69, 9.17) is 14.9 Å². The molecule has 0 radical (unpaired) electrons. The van der Waals surface area contributed by atoms with Gasteiger partial charge in [-0.05, 0) is 24.6 Å². The molecular formula is C11H14BrNO6S. The maximum Gasteiger partial charge on any atom is 0.332 e. The van der Waals surface area contributed by atoms with Gasteiger partial charge in [-0.1, -0.05) is 15.9 Å². The van der Waals surface area contributed by atoms with Crippen LogP contribution in [0.4, 0.5) is 0 Å². The molecule has 0 aliphatic heterocycles. The number of nitrogens with one attached hydrogen (secondary N) is 1. The maximum atomic E-state index is 12.1. The molecule has 0 saturated carbocycles. The molecule has 1 unspecified atom stereocenters. The Bertz CT molecular complexity index is 589. The summed E-state index contributed by atoms with van der Waals surface area (Å²) in [5, 5.41) is 17.6. The van der Waals surface area contributed by atoms with Crippen LogP contribution in [-0.4, -0.2) is 44.4 Å². The van der Waals surface area contributed by atoms with E-state index in [1.807, 2.05) is 0 Å². The van der Waals surface area contributed by atoms with Crippen LogP contribution in [-0.2, 0) is 14.8 Å². The summed E-state index contributed by atoms with van der Waals surface area (Å²) in [6.45, 7) is -0.203. The zero-order valence-electron chi connectivity index (χ0n) is 10.5. The molecule has 3 N–H and O–H groups in total. The number of sulfonamides is 1. The summed E-state index contributed by atoms with van der Waals surface area (Å²) in [7, 11) is -2.51. The number of benzene rings is 1. The number of hydrogen-bond acceptors (Lipinski definition) is 5. The summed E-state index contributed by atoms with van der Waals surface area (Å²) in [6, 6.07) is 4.49. The number of halogens is 1. The molecule has 0 spiro atoms. The second-order valence-electron chi connectivity index (χ2n) is 3.84. The van der Waals surface area contributed by atoms with E-state index in [0.29, 0.717) is 4.47 Å². The van der Waals surface area contributed by atoms with Crippen LogP contribution in [0.5, 0.6) is 5.75 Å². The lowest BCUT2D eigenvalue weighted by Gasteiger charge is -2.11. The molecule has 0 saturated heterocycles. The van der Waals surface area contributed by atoms with Gasteiger partial charge >= 0.3 is 5.97 Å². The van der Waals surface area contributed by atoms with Crippen molar-refractivity contribution in [2.75, 3.05) is 13.7 Å². The molecule has 0 aliphatic rings. The summed E-state index contributed by atoms with van der Waals surface area (Å²) >= 11 is 3.16. The van der Waals surface area contributed by atoms with Gasteiger partial charge in [0.2, 0.25) is 10.0 Å². The number of aliphatic hydroxyl groups excluding tert-OH is 1. The number of aliphatic carboxylic acids is 1. The first-order valence-electron chi connectivity index (χ1n) is 5.52. The molecular weight excluding hydrogens is 354 g/mol. The van der Waals surface area contributed by atoms with Gasteiger partial charge in [-0.2, -0.15) is 0 Å². The van der Waals surface area contributed by atoms with E-state index in [1.165, 1.54) is 19.2 Å². The number of ether oxygens (including phenoxy) is 1. The second kappa shape index (κ2) is 7.02. The minimum Gasteiger partial charge on any atom is -0.495 e. The highest BCUT2D eigenvalue weighted by Crippen LogP contribution is 2.26. The predicted octanol–water partition coefficient (Wildman–Crippen LogP) is 0.572. The number of carboxylic acids is 1. The van der Waals surface area contributed by atoms with Crippen molar-refractivity contribution in [1.82, 2.24) is 4.72 Å². The monoisotopic (exact) mass is 367 g/mol. The van der Waals surface area contributed by atoms with Gasteiger partial charge in [0.1, 0.15) is 10.6 Å². The number of hydrogen-bond donors (Lipinski definition) is 3. The minimum absolute atomic E-state index is 0.0702. The average Bonchev–Trinajstić information content (AvgIpc) is 2.38. The van der Waals surface area contributed by atoms with Crippen molar-refractivity contribution in [1.29, 1.82) is 0 Å². The number of aliphatic hydroxyl groups is 1. The predicted molar refractivity (Wildman–Crippen MR) is 74.1 cm³/mol. The Hall–Kier alpha value is -1.16. The highest BCUT2D eigenvalue weighted by molar-refractivity contribution is 9.10. The van der Waals surface area contributed by atoms with Gasteiger partial charge < -0.3 is 14.9 Å². The van der Waals surface area contributed by atoms with Crippen LogP contribution in [0.3, 0.4) is 0 Å². The number of methoxy groups -OCH3 is 1. The number of carboxylic acid groups (broad SMARTS) is 1. The van der Waals surface area contributed by atoms with Crippen LogP contribution >= 0.6 is 15.9 Å². The Labute approximate surface area is 124 Å². The Kier molecular flexibility index (Phi) is 5.93. The van der Waals surface area contributed by atoms with E-state index in [1.54, 1.807) is 6.07 Å². The summed E-state index contributed by atoms with van der Waals surface area (Å²) < 4.78 is 31.9. The van der Waals surface area contributed by atoms with E-state index in [-0.39, 0.29) is 23.6 Å². The molecule has 0 amide bonds. The molecule has 7 nitrogen and oxygen atoms in total.